The van der Waals surface area contributed by atoms with Crippen molar-refractivity contribution in [3.05, 3.63) is 42.5 Å². The quantitative estimate of drug-likeness (QED) is 0.382. The standard InChI is InChI=1S/C18H16F4N5O5PS/c19-16(20)17(6-30-33(34)29-5-9-3-1-2-4-10(9)32-33)18(21,22)12(28)15(31-17)27-8-26-11-13(23)24-7-25-14(11)27/h1-4,7-8,12,15-16,28H,5-6H2,(H2,23,24,25). The van der Waals surface area contributed by atoms with E-state index in [1.807, 2.05) is 0 Å². The van der Waals surface area contributed by atoms with Gasteiger partial charge in [-0.05, 0) is 6.07 Å². The Kier molecular flexibility index (Phi) is 5.54. The van der Waals surface area contributed by atoms with Crippen molar-refractivity contribution in [2.45, 2.75) is 36.9 Å². The van der Waals surface area contributed by atoms with Crippen molar-refractivity contribution in [3.8, 4) is 5.75 Å². The zero-order valence-corrected chi connectivity index (χ0v) is 18.6. The number of imidazole rings is 1. The smallest absolute Gasteiger partial charge is 0.381 e. The van der Waals surface area contributed by atoms with E-state index < -0.39 is 43.6 Å². The summed E-state index contributed by atoms with van der Waals surface area (Å²) in [6.45, 7) is -5.21. The highest BCUT2D eigenvalue weighted by Crippen LogP contribution is 2.58. The number of nitrogens with zero attached hydrogens (tertiary/aromatic N) is 4. The zero-order valence-electron chi connectivity index (χ0n) is 16.9. The first-order chi connectivity index (χ1) is 16.1. The van der Waals surface area contributed by atoms with Gasteiger partial charge in [0.1, 0.15) is 17.6 Å². The van der Waals surface area contributed by atoms with Crippen LogP contribution < -0.4 is 10.3 Å². The number of rotatable bonds is 5. The number of aromatic nitrogens is 4. The number of para-hydroxylation sites is 1. The van der Waals surface area contributed by atoms with Crippen molar-refractivity contribution in [1.82, 2.24) is 19.5 Å². The number of ether oxygens (including phenoxy) is 1. The number of nitrogens with two attached hydrogens (primary N) is 1. The molecule has 0 radical (unpaired) electrons. The number of halogens is 4. The summed E-state index contributed by atoms with van der Waals surface area (Å²) in [6, 6.07) is 6.62. The van der Waals surface area contributed by atoms with Gasteiger partial charge in [-0.15, -0.1) is 0 Å². The van der Waals surface area contributed by atoms with Gasteiger partial charge in [0.15, 0.2) is 23.8 Å². The van der Waals surface area contributed by atoms with Crippen molar-refractivity contribution >= 4 is 35.5 Å². The maximum Gasteiger partial charge on any atom is 0.381 e. The number of hydrogen-bond donors (Lipinski definition) is 2. The summed E-state index contributed by atoms with van der Waals surface area (Å²) in [5.74, 6) is -4.26. The van der Waals surface area contributed by atoms with Gasteiger partial charge >= 0.3 is 12.6 Å². The Balaban J connectivity index is 1.46. The summed E-state index contributed by atoms with van der Waals surface area (Å²) in [5, 5.41) is 10.4. The third-order valence-corrected chi connectivity index (χ3v) is 7.72. The average molecular weight is 521 g/mol. The van der Waals surface area contributed by atoms with Crippen molar-refractivity contribution in [1.29, 1.82) is 0 Å². The molecule has 4 atom stereocenters. The van der Waals surface area contributed by atoms with Crippen LogP contribution in [0.4, 0.5) is 23.4 Å². The van der Waals surface area contributed by atoms with E-state index in [9.17, 15) is 13.9 Å². The molecule has 5 rings (SSSR count). The highest BCUT2D eigenvalue weighted by Gasteiger charge is 2.74. The van der Waals surface area contributed by atoms with E-state index in [0.29, 0.717) is 11.3 Å². The van der Waals surface area contributed by atoms with Crippen LogP contribution in [0.1, 0.15) is 11.8 Å². The summed E-state index contributed by atoms with van der Waals surface area (Å²) in [5.41, 5.74) is 2.65. The van der Waals surface area contributed by atoms with E-state index in [1.165, 1.54) is 0 Å². The Morgan fingerprint density at radius 1 is 1.29 bits per heavy atom. The lowest BCUT2D eigenvalue weighted by molar-refractivity contribution is -0.242. The Morgan fingerprint density at radius 2 is 2.06 bits per heavy atom. The molecule has 2 aromatic heterocycles. The molecule has 1 fully saturated rings. The number of hydrogen-bond acceptors (Lipinski definition) is 10. The molecular formula is C18H16F4N5O5PS. The third kappa shape index (κ3) is 3.46. The number of anilines is 1. The topological polar surface area (TPSA) is 127 Å². The van der Waals surface area contributed by atoms with Gasteiger partial charge in [0.05, 0.1) is 19.5 Å². The monoisotopic (exact) mass is 521 g/mol. The molecule has 0 aliphatic carbocycles. The van der Waals surface area contributed by atoms with Crippen molar-refractivity contribution in [3.63, 3.8) is 0 Å². The fraction of sp³-hybridized carbons (Fsp3) is 0.389. The van der Waals surface area contributed by atoms with Gasteiger partial charge in [0.2, 0.25) is 5.60 Å². The minimum atomic E-state index is -4.48. The molecule has 0 bridgehead atoms. The SMILES string of the molecule is Nc1ncnc2c1ncn2C1OC(COP2(=S)OCc3ccccc3O2)(C(F)F)C(F)(F)C1O. The Morgan fingerprint density at radius 3 is 2.82 bits per heavy atom. The Bertz CT molecular complexity index is 1300. The Labute approximate surface area is 193 Å². The predicted octanol–water partition coefficient (Wildman–Crippen LogP) is 2.79. The molecule has 1 aromatic carbocycles. The van der Waals surface area contributed by atoms with Crippen LogP contribution in [0.25, 0.3) is 11.2 Å². The molecule has 182 valence electrons. The molecule has 2 aliphatic rings. The second kappa shape index (κ2) is 8.07. The van der Waals surface area contributed by atoms with E-state index >= 15 is 8.78 Å². The lowest BCUT2D eigenvalue weighted by Crippen LogP contribution is -2.57. The highest BCUT2D eigenvalue weighted by atomic mass is 32.5. The first-order valence-electron chi connectivity index (χ1n) is 9.69. The average Bonchev–Trinajstić information content (AvgIpc) is 3.31. The maximum absolute atomic E-state index is 15.2. The van der Waals surface area contributed by atoms with Crippen LogP contribution >= 0.6 is 6.72 Å². The highest BCUT2D eigenvalue weighted by molar-refractivity contribution is 8.07. The normalized spacial score (nSPS) is 30.4. The molecule has 10 nitrogen and oxygen atoms in total. The van der Waals surface area contributed by atoms with E-state index in [2.05, 4.69) is 15.0 Å². The Hall–Kier alpha value is -2.42. The lowest BCUT2D eigenvalue weighted by Gasteiger charge is -2.35. The van der Waals surface area contributed by atoms with Gasteiger partial charge in [0, 0.05) is 17.4 Å². The van der Waals surface area contributed by atoms with Gasteiger partial charge in [-0.1, -0.05) is 18.2 Å². The van der Waals surface area contributed by atoms with Crippen molar-refractivity contribution in [2.24, 2.45) is 0 Å². The van der Waals surface area contributed by atoms with Crippen molar-refractivity contribution in [2.75, 3.05) is 12.3 Å². The van der Waals surface area contributed by atoms with Gasteiger partial charge in [-0.25, -0.2) is 23.7 Å². The largest absolute Gasteiger partial charge is 0.424 e. The number of aliphatic hydroxyl groups is 1. The van der Waals surface area contributed by atoms with Crippen LogP contribution in [0.3, 0.4) is 0 Å². The van der Waals surface area contributed by atoms with Crippen molar-refractivity contribution < 1.29 is 41.0 Å². The van der Waals surface area contributed by atoms with Crippen LogP contribution in [0, 0.1) is 0 Å². The molecule has 3 aromatic rings. The minimum absolute atomic E-state index is 0.0190. The van der Waals surface area contributed by atoms with Gasteiger partial charge in [0.25, 0.3) is 6.43 Å². The number of fused-ring (bicyclic) bond motifs is 2. The molecule has 1 saturated heterocycles. The summed E-state index contributed by atoms with van der Waals surface area (Å²) < 4.78 is 81.0. The van der Waals surface area contributed by atoms with E-state index in [-0.39, 0.29) is 23.6 Å². The second-order valence-electron chi connectivity index (χ2n) is 7.54. The second-order valence-corrected chi connectivity index (χ2v) is 10.5. The molecule has 2 aliphatic heterocycles. The number of nitrogen functional groups attached to an aromatic ring is 1. The fourth-order valence-corrected chi connectivity index (χ4v) is 5.49. The maximum atomic E-state index is 15.2. The van der Waals surface area contributed by atoms with E-state index in [4.69, 9.17) is 35.8 Å². The number of benzene rings is 1. The van der Waals surface area contributed by atoms with Crippen LogP contribution in [-0.4, -0.2) is 55.3 Å². The van der Waals surface area contributed by atoms with Gasteiger partial charge in [-0.3, -0.25) is 13.6 Å². The van der Waals surface area contributed by atoms with Crippen LogP contribution in [-0.2, 0) is 32.2 Å². The molecule has 34 heavy (non-hydrogen) atoms. The number of alkyl halides is 4. The molecule has 3 N–H and O–H groups in total. The molecule has 0 spiro atoms. The lowest BCUT2D eigenvalue weighted by atomic mass is 9.95. The van der Waals surface area contributed by atoms with Gasteiger partial charge in [-0.2, -0.15) is 8.78 Å². The number of aliphatic hydroxyl groups excluding tert-OH is 1. The molecular weight excluding hydrogens is 505 g/mol. The zero-order chi connectivity index (χ0) is 24.3. The summed E-state index contributed by atoms with van der Waals surface area (Å²) in [6.07, 6.45) is -6.50. The third-order valence-electron chi connectivity index (χ3n) is 5.55. The molecule has 16 heteroatoms. The fourth-order valence-electron chi connectivity index (χ4n) is 3.69. The first kappa shape index (κ1) is 23.3. The minimum Gasteiger partial charge on any atom is -0.424 e. The van der Waals surface area contributed by atoms with Crippen LogP contribution in [0.2, 0.25) is 0 Å². The predicted molar refractivity (Wildman–Crippen MR) is 112 cm³/mol. The van der Waals surface area contributed by atoms with Gasteiger partial charge < -0.3 is 20.1 Å². The van der Waals surface area contributed by atoms with Crippen LogP contribution in [0.5, 0.6) is 5.75 Å². The molecule has 0 amide bonds. The molecule has 4 heterocycles. The first-order valence-corrected chi connectivity index (χ1v) is 12.2. The molecule has 0 saturated carbocycles. The van der Waals surface area contributed by atoms with Crippen LogP contribution in [0.15, 0.2) is 36.9 Å². The van der Waals surface area contributed by atoms with E-state index in [0.717, 1.165) is 17.2 Å². The van der Waals surface area contributed by atoms with E-state index in [1.54, 1.807) is 24.3 Å². The summed E-state index contributed by atoms with van der Waals surface area (Å²) >= 11 is 5.18. The summed E-state index contributed by atoms with van der Waals surface area (Å²) in [4.78, 5) is 11.5. The molecule has 4 unspecified atom stereocenters. The summed E-state index contributed by atoms with van der Waals surface area (Å²) in [7, 11) is 0.